The number of benzene rings is 1. The Hall–Kier alpha value is -3.41. The number of nitro groups is 1. The molecule has 0 unspecified atom stereocenters. The van der Waals surface area contributed by atoms with Crippen molar-refractivity contribution < 1.29 is 22.9 Å². The standard InChI is InChI=1S/C24H29F3N6O3.CH4/c1-17-2-4-20(15-28-17)31-12-10-30(11-13-31)8-7-23(34)32-9-6-19(16-32)29-18-3-5-22(33(35)36)21(14-18)24(25,26)27;/h2-5,14-15,19,29H,6-13,16H2,1H3;1H4/t19-;/m1./s1. The second-order valence-corrected chi connectivity index (χ2v) is 9.19. The molecule has 0 bridgehead atoms. The zero-order valence-electron chi connectivity index (χ0n) is 20.0. The first-order valence-electron chi connectivity index (χ1n) is 11.9. The Morgan fingerprint density at radius 3 is 2.51 bits per heavy atom. The van der Waals surface area contributed by atoms with Crippen LogP contribution in [0.5, 0.6) is 0 Å². The van der Waals surface area contributed by atoms with E-state index in [0.717, 1.165) is 49.7 Å². The van der Waals surface area contributed by atoms with E-state index in [1.165, 1.54) is 6.07 Å². The van der Waals surface area contributed by atoms with Gasteiger partial charge < -0.3 is 15.1 Å². The number of carbonyl (C=O) groups is 1. The second kappa shape index (κ2) is 11.8. The number of nitro benzene ring substituents is 1. The lowest BCUT2D eigenvalue weighted by molar-refractivity contribution is -0.388. The number of rotatable bonds is 7. The Morgan fingerprint density at radius 2 is 1.89 bits per heavy atom. The first-order chi connectivity index (χ1) is 17.1. The van der Waals surface area contributed by atoms with Crippen LogP contribution in [0.3, 0.4) is 0 Å². The van der Waals surface area contributed by atoms with Gasteiger partial charge in [-0.15, -0.1) is 0 Å². The topological polar surface area (TPSA) is 94.8 Å². The Morgan fingerprint density at radius 1 is 1.16 bits per heavy atom. The summed E-state index contributed by atoms with van der Waals surface area (Å²) in [4.78, 5) is 33.3. The number of halogens is 3. The number of nitrogens with zero attached hydrogens (tertiary/aromatic N) is 5. The number of nitrogens with one attached hydrogen (secondary N) is 1. The number of likely N-dealkylation sites (tertiary alicyclic amines) is 1. The fourth-order valence-electron chi connectivity index (χ4n) is 4.64. The van der Waals surface area contributed by atoms with Gasteiger partial charge in [0.05, 0.1) is 16.8 Å². The van der Waals surface area contributed by atoms with Crippen LogP contribution < -0.4 is 10.2 Å². The Bertz CT molecular complexity index is 1090. The van der Waals surface area contributed by atoms with Crippen molar-refractivity contribution in [3.63, 3.8) is 0 Å². The molecule has 1 amide bonds. The number of alkyl halides is 3. The summed E-state index contributed by atoms with van der Waals surface area (Å²) in [6.07, 6.45) is -1.98. The van der Waals surface area contributed by atoms with Gasteiger partial charge in [-0.1, -0.05) is 7.43 Å². The van der Waals surface area contributed by atoms with E-state index in [2.05, 4.69) is 26.2 Å². The third kappa shape index (κ3) is 7.09. The van der Waals surface area contributed by atoms with Crippen LogP contribution in [0.4, 0.5) is 30.2 Å². The van der Waals surface area contributed by atoms with Crippen molar-refractivity contribution in [1.29, 1.82) is 0 Å². The summed E-state index contributed by atoms with van der Waals surface area (Å²) in [5.74, 6) is 0.0177. The molecule has 4 rings (SSSR count). The summed E-state index contributed by atoms with van der Waals surface area (Å²) >= 11 is 0. The Balaban J connectivity index is 0.00000380. The lowest BCUT2D eigenvalue weighted by Crippen LogP contribution is -2.47. The number of pyridine rings is 1. The molecule has 2 aliphatic rings. The molecule has 1 atom stereocenters. The molecule has 12 heteroatoms. The molecule has 1 aromatic heterocycles. The predicted octanol–water partition coefficient (Wildman–Crippen LogP) is 4.18. The molecule has 2 aliphatic heterocycles. The molecule has 0 radical (unpaired) electrons. The summed E-state index contributed by atoms with van der Waals surface area (Å²) in [5, 5.41) is 13.9. The van der Waals surface area contributed by atoms with Gasteiger partial charge in [0.2, 0.25) is 5.91 Å². The van der Waals surface area contributed by atoms with Gasteiger partial charge in [0, 0.05) is 75.7 Å². The molecule has 1 N–H and O–H groups in total. The second-order valence-electron chi connectivity index (χ2n) is 9.19. The lowest BCUT2D eigenvalue weighted by Gasteiger charge is -2.36. The van der Waals surface area contributed by atoms with Gasteiger partial charge in [-0.2, -0.15) is 13.2 Å². The maximum atomic E-state index is 13.2. The monoisotopic (exact) mass is 522 g/mol. The number of aromatic nitrogens is 1. The van der Waals surface area contributed by atoms with Crippen molar-refractivity contribution in [2.24, 2.45) is 0 Å². The first kappa shape index (κ1) is 28.2. The fraction of sp³-hybridized carbons (Fsp3) is 0.520. The molecule has 2 saturated heterocycles. The maximum Gasteiger partial charge on any atom is 0.423 e. The normalized spacial score (nSPS) is 18.4. The molecule has 1 aromatic carbocycles. The van der Waals surface area contributed by atoms with E-state index in [1.807, 2.05) is 19.2 Å². The highest BCUT2D eigenvalue weighted by atomic mass is 19.4. The van der Waals surface area contributed by atoms with Crippen LogP contribution in [0.2, 0.25) is 0 Å². The van der Waals surface area contributed by atoms with Crippen LogP contribution in [0, 0.1) is 17.0 Å². The Kier molecular flexibility index (Phi) is 8.95. The van der Waals surface area contributed by atoms with Gasteiger partial charge in [-0.05, 0) is 37.6 Å². The molecular weight excluding hydrogens is 489 g/mol. The van der Waals surface area contributed by atoms with E-state index in [0.29, 0.717) is 32.5 Å². The zero-order valence-corrected chi connectivity index (χ0v) is 20.0. The third-order valence-electron chi connectivity index (χ3n) is 6.69. The van der Waals surface area contributed by atoms with Crippen LogP contribution in [0.1, 0.15) is 31.5 Å². The predicted molar refractivity (Wildman–Crippen MR) is 136 cm³/mol. The minimum atomic E-state index is -4.83. The van der Waals surface area contributed by atoms with Crippen LogP contribution >= 0.6 is 0 Å². The van der Waals surface area contributed by atoms with Gasteiger partial charge in [0.1, 0.15) is 5.56 Å². The number of anilines is 2. The van der Waals surface area contributed by atoms with Crippen molar-refractivity contribution in [3.05, 3.63) is 57.9 Å². The zero-order chi connectivity index (χ0) is 25.9. The summed E-state index contributed by atoms with van der Waals surface area (Å²) in [7, 11) is 0. The molecule has 0 saturated carbocycles. The van der Waals surface area contributed by atoms with Crippen LogP contribution in [0.15, 0.2) is 36.5 Å². The molecular formula is C25H33F3N6O3. The van der Waals surface area contributed by atoms with Crippen molar-refractivity contribution in [2.45, 2.75) is 39.4 Å². The molecule has 3 heterocycles. The van der Waals surface area contributed by atoms with Crippen LogP contribution in [-0.4, -0.2) is 77.5 Å². The highest BCUT2D eigenvalue weighted by molar-refractivity contribution is 5.77. The van der Waals surface area contributed by atoms with Gasteiger partial charge in [0.25, 0.3) is 5.69 Å². The van der Waals surface area contributed by atoms with Gasteiger partial charge in [0.15, 0.2) is 0 Å². The average molecular weight is 523 g/mol. The number of amides is 1. The summed E-state index contributed by atoms with van der Waals surface area (Å²) < 4.78 is 39.7. The van der Waals surface area contributed by atoms with Crippen molar-refractivity contribution in [1.82, 2.24) is 14.8 Å². The minimum Gasteiger partial charge on any atom is -0.380 e. The number of hydrogen-bond acceptors (Lipinski definition) is 7. The number of carbonyl (C=O) groups excluding carboxylic acids is 1. The number of piperazine rings is 1. The molecule has 0 spiro atoms. The van der Waals surface area contributed by atoms with E-state index in [-0.39, 0.29) is 25.1 Å². The molecule has 9 nitrogen and oxygen atoms in total. The first-order valence-corrected chi connectivity index (χ1v) is 11.9. The van der Waals surface area contributed by atoms with Crippen molar-refractivity contribution in [3.8, 4) is 0 Å². The highest BCUT2D eigenvalue weighted by Gasteiger charge is 2.38. The lowest BCUT2D eigenvalue weighted by atomic mass is 10.1. The molecule has 37 heavy (non-hydrogen) atoms. The highest BCUT2D eigenvalue weighted by Crippen LogP contribution is 2.37. The minimum absolute atomic E-state index is 0. The van der Waals surface area contributed by atoms with Crippen LogP contribution in [0.25, 0.3) is 0 Å². The largest absolute Gasteiger partial charge is 0.423 e. The van der Waals surface area contributed by atoms with E-state index < -0.39 is 22.4 Å². The number of aryl methyl sites for hydroxylation is 1. The smallest absolute Gasteiger partial charge is 0.380 e. The van der Waals surface area contributed by atoms with Crippen LogP contribution in [-0.2, 0) is 11.0 Å². The molecule has 2 fully saturated rings. The number of hydrogen-bond donors (Lipinski definition) is 1. The Labute approximate surface area is 214 Å². The van der Waals surface area contributed by atoms with Gasteiger partial charge in [-0.25, -0.2) is 0 Å². The summed E-state index contributed by atoms with van der Waals surface area (Å²) in [6, 6.07) is 6.73. The van der Waals surface area contributed by atoms with E-state index >= 15 is 0 Å². The maximum absolute atomic E-state index is 13.2. The third-order valence-corrected chi connectivity index (χ3v) is 6.69. The van der Waals surface area contributed by atoms with E-state index in [4.69, 9.17) is 0 Å². The van der Waals surface area contributed by atoms with Gasteiger partial charge >= 0.3 is 6.18 Å². The SMILES string of the molecule is C.Cc1ccc(N2CCN(CCC(=O)N3CC[C@@H](Nc4ccc([N+](=O)[O-])c(C(F)(F)F)c4)C3)CC2)cn1. The fourth-order valence-corrected chi connectivity index (χ4v) is 4.64. The average Bonchev–Trinajstić information content (AvgIpc) is 3.31. The summed E-state index contributed by atoms with van der Waals surface area (Å²) in [5.41, 5.74) is -0.0416. The summed E-state index contributed by atoms with van der Waals surface area (Å²) in [6.45, 7) is 6.95. The molecule has 202 valence electrons. The van der Waals surface area contributed by atoms with E-state index in [1.54, 1.807) is 4.90 Å². The molecule has 0 aliphatic carbocycles. The molecule has 2 aromatic rings. The van der Waals surface area contributed by atoms with E-state index in [9.17, 15) is 28.1 Å². The quantitative estimate of drug-likeness (QED) is 0.431. The van der Waals surface area contributed by atoms with Crippen molar-refractivity contribution >= 4 is 23.0 Å². The van der Waals surface area contributed by atoms with Crippen molar-refractivity contribution in [2.75, 3.05) is 56.0 Å². The van der Waals surface area contributed by atoms with Gasteiger partial charge in [-0.3, -0.25) is 24.8 Å².